The Morgan fingerprint density at radius 3 is 0.735 bits per heavy atom. The molecule has 0 amide bonds. The first-order valence-electron chi connectivity index (χ1n) is 11.2. The van der Waals surface area contributed by atoms with E-state index in [-0.39, 0.29) is 0 Å². The highest BCUT2D eigenvalue weighted by Crippen LogP contribution is 2.62. The summed E-state index contributed by atoms with van der Waals surface area (Å²) >= 11 is 0. The quantitative estimate of drug-likeness (QED) is 0.0892. The maximum atomic E-state index is 13.6. The van der Waals surface area contributed by atoms with Crippen LogP contribution in [0.1, 0.15) is 19.3 Å². The van der Waals surface area contributed by atoms with Gasteiger partial charge in [0, 0.05) is 0 Å². The molecule has 0 fully saturated rings. The lowest BCUT2D eigenvalue weighted by Crippen LogP contribution is -2.70. The first kappa shape index (κ1) is 46.1. The molecule has 0 N–H and O–H groups in total. The molecule has 0 radical (unpaired) electrons. The van der Waals surface area contributed by atoms with Gasteiger partial charge in [0.2, 0.25) is 0 Å². The van der Waals surface area contributed by atoms with Crippen LogP contribution in [-0.4, -0.2) is 96.7 Å². The van der Waals surface area contributed by atoms with E-state index in [0.29, 0.717) is 0 Å². The molecule has 0 aromatic heterocycles. The number of ether oxygens (including phenoxy) is 2. The summed E-state index contributed by atoms with van der Waals surface area (Å²) in [4.78, 5) is 22.5. The van der Waals surface area contributed by atoms with Crippen LogP contribution in [0.15, 0.2) is 0 Å². The van der Waals surface area contributed by atoms with Gasteiger partial charge in [-0.3, -0.25) is 9.59 Å². The van der Waals surface area contributed by atoms with E-state index in [9.17, 15) is 124 Å². The second-order valence-corrected chi connectivity index (χ2v) is 9.12. The average Bonchev–Trinajstić information content (AvgIpc) is 2.86. The second kappa shape index (κ2) is 13.0. The fraction of sp³-hybridized carbons (Fsp3) is 0.895. The Balaban J connectivity index is 5.49. The minimum atomic E-state index is -8.28. The van der Waals surface area contributed by atoms with Crippen LogP contribution in [0.2, 0.25) is 0 Å². The Bertz CT molecular complexity index is 1090. The predicted octanol–water partition coefficient (Wildman–Crippen LogP) is 8.72. The molecule has 0 spiro atoms. The summed E-state index contributed by atoms with van der Waals surface area (Å²) in [5.41, 5.74) is 0. The van der Waals surface area contributed by atoms with E-state index in [4.69, 9.17) is 0 Å². The summed E-state index contributed by atoms with van der Waals surface area (Å²) < 4.78 is 344. The first-order valence-corrected chi connectivity index (χ1v) is 11.2. The number of halogens is 26. The van der Waals surface area contributed by atoms with Crippen LogP contribution >= 0.6 is 0 Å². The Morgan fingerprint density at radius 1 is 0.327 bits per heavy atom. The molecule has 0 saturated heterocycles. The Labute approximate surface area is 250 Å². The fourth-order valence-corrected chi connectivity index (χ4v) is 2.72. The third kappa shape index (κ3) is 7.59. The van der Waals surface area contributed by atoms with Crippen molar-refractivity contribution in [1.29, 1.82) is 0 Å². The van der Waals surface area contributed by atoms with E-state index in [0.717, 1.165) is 0 Å². The highest BCUT2D eigenvalue weighted by atomic mass is 19.4. The van der Waals surface area contributed by atoms with E-state index in [1.807, 2.05) is 0 Å². The van der Waals surface area contributed by atoms with Crippen molar-refractivity contribution in [3.63, 3.8) is 0 Å². The minimum Gasteiger partial charge on any atom is -0.465 e. The highest BCUT2D eigenvalue weighted by Gasteiger charge is 2.92. The number of hydrogen-bond acceptors (Lipinski definition) is 4. The van der Waals surface area contributed by atoms with Crippen LogP contribution in [0.3, 0.4) is 0 Å². The molecular weight excluding hydrogens is 786 g/mol. The van der Waals surface area contributed by atoms with E-state index in [1.54, 1.807) is 0 Å². The number of alkyl halides is 26. The number of carbonyl (C=O) groups excluding carboxylic acids is 2. The van der Waals surface area contributed by atoms with Gasteiger partial charge in [-0.05, 0) is 0 Å². The first-order chi connectivity index (χ1) is 21.0. The van der Waals surface area contributed by atoms with Crippen LogP contribution in [0, 0.1) is 0 Å². The predicted molar refractivity (Wildman–Crippen MR) is 97.3 cm³/mol. The lowest BCUT2D eigenvalue weighted by molar-refractivity contribution is -0.440. The molecule has 0 bridgehead atoms. The third-order valence-electron chi connectivity index (χ3n) is 5.64. The highest BCUT2D eigenvalue weighted by molar-refractivity contribution is 5.91. The van der Waals surface area contributed by atoms with Gasteiger partial charge in [0.1, 0.15) is 6.42 Å². The van der Waals surface area contributed by atoms with E-state index in [2.05, 4.69) is 9.47 Å². The summed E-state index contributed by atoms with van der Waals surface area (Å²) in [5.74, 6) is -83.2. The van der Waals surface area contributed by atoms with Gasteiger partial charge in [0.15, 0.2) is 0 Å². The van der Waals surface area contributed by atoms with E-state index >= 15 is 0 Å². The van der Waals surface area contributed by atoms with Crippen LogP contribution in [0.25, 0.3) is 0 Å². The van der Waals surface area contributed by atoms with Crippen molar-refractivity contribution in [2.75, 3.05) is 13.2 Å². The minimum absolute atomic E-state index is 2.21. The summed E-state index contributed by atoms with van der Waals surface area (Å²) in [6.45, 7) is -4.91. The van der Waals surface area contributed by atoms with Crippen molar-refractivity contribution in [2.45, 2.75) is 90.8 Å². The normalized spacial score (nSPS) is 15.7. The van der Waals surface area contributed by atoms with Crippen molar-refractivity contribution in [1.82, 2.24) is 0 Å². The van der Waals surface area contributed by atoms with Crippen LogP contribution in [0.4, 0.5) is 114 Å². The molecule has 0 aliphatic carbocycles. The fourth-order valence-electron chi connectivity index (χ4n) is 2.72. The number of hydrogen-bond donors (Lipinski definition) is 0. The maximum Gasteiger partial charge on any atom is 0.460 e. The zero-order valence-corrected chi connectivity index (χ0v) is 22.0. The van der Waals surface area contributed by atoms with Crippen LogP contribution in [-0.2, 0) is 19.1 Å². The smallest absolute Gasteiger partial charge is 0.460 e. The topological polar surface area (TPSA) is 52.6 Å². The van der Waals surface area contributed by atoms with Gasteiger partial charge < -0.3 is 9.47 Å². The lowest BCUT2D eigenvalue weighted by atomic mass is 9.93. The molecule has 0 rings (SSSR count). The van der Waals surface area contributed by atoms with Crippen LogP contribution in [0.5, 0.6) is 0 Å². The number of rotatable bonds is 16. The summed E-state index contributed by atoms with van der Waals surface area (Å²) in [6.07, 6.45) is -24.0. The number of carbonyl (C=O) groups is 2. The van der Waals surface area contributed by atoms with Crippen molar-refractivity contribution >= 4 is 11.9 Å². The molecular formula is C19H10F26O4. The Kier molecular flexibility index (Phi) is 12.3. The zero-order chi connectivity index (χ0) is 40.1. The Morgan fingerprint density at radius 2 is 0.531 bits per heavy atom. The molecule has 0 saturated carbocycles. The van der Waals surface area contributed by atoms with Crippen LogP contribution < -0.4 is 0 Å². The summed E-state index contributed by atoms with van der Waals surface area (Å²) in [5, 5.41) is 0. The zero-order valence-electron chi connectivity index (χ0n) is 22.0. The monoisotopic (exact) mass is 796 g/mol. The lowest BCUT2D eigenvalue weighted by Gasteiger charge is -2.39. The standard InChI is InChI=1S/C19H10F26O4/c20-8(21,10(24,25)12(28,29)14(32,33)16(36,37)18(40,41)42)1-3-48-6(46)5-7(47)49-4-2-9(22,23)11(26,27)13(30,31)15(34,35)17(38,39)19(43,44)45/h1-5H2. The van der Waals surface area contributed by atoms with E-state index in [1.165, 1.54) is 0 Å². The van der Waals surface area contributed by atoms with Crippen molar-refractivity contribution in [3.8, 4) is 0 Å². The molecule has 0 aromatic rings. The van der Waals surface area contributed by atoms with Crippen molar-refractivity contribution in [2.24, 2.45) is 0 Å². The van der Waals surface area contributed by atoms with Gasteiger partial charge in [0.25, 0.3) is 0 Å². The molecule has 0 aromatic carbocycles. The molecule has 292 valence electrons. The third-order valence-corrected chi connectivity index (χ3v) is 5.64. The molecule has 0 aliphatic rings. The summed E-state index contributed by atoms with van der Waals surface area (Å²) in [7, 11) is 0. The van der Waals surface area contributed by atoms with Gasteiger partial charge in [-0.1, -0.05) is 0 Å². The van der Waals surface area contributed by atoms with Gasteiger partial charge >= 0.3 is 83.5 Å². The molecule has 0 unspecified atom stereocenters. The van der Waals surface area contributed by atoms with Crippen molar-refractivity contribution in [3.05, 3.63) is 0 Å². The second-order valence-electron chi connectivity index (χ2n) is 9.12. The SMILES string of the molecule is O=C(CC(=O)OCCC(F)(F)C(F)(F)C(F)(F)C(F)(F)C(F)(F)C(F)(F)F)OCCC(F)(F)C(F)(F)C(F)(F)C(F)(F)C(F)(F)C(F)(F)F. The summed E-state index contributed by atoms with van der Waals surface area (Å²) in [6, 6.07) is 0. The molecule has 0 heterocycles. The van der Waals surface area contributed by atoms with E-state index < -0.39 is 116 Å². The van der Waals surface area contributed by atoms with Gasteiger partial charge in [-0.25, -0.2) is 0 Å². The van der Waals surface area contributed by atoms with Gasteiger partial charge in [0.05, 0.1) is 26.1 Å². The number of esters is 2. The van der Waals surface area contributed by atoms with Gasteiger partial charge in [-0.15, -0.1) is 0 Å². The van der Waals surface area contributed by atoms with Crippen molar-refractivity contribution < 1.29 is 133 Å². The molecule has 30 heteroatoms. The maximum absolute atomic E-state index is 13.6. The molecule has 49 heavy (non-hydrogen) atoms. The molecule has 4 nitrogen and oxygen atoms in total. The largest absolute Gasteiger partial charge is 0.465 e. The molecule has 0 atom stereocenters. The van der Waals surface area contributed by atoms with Gasteiger partial charge in [-0.2, -0.15) is 114 Å². The average molecular weight is 796 g/mol. The Hall–Kier alpha value is -2.88. The molecule has 0 aliphatic heterocycles.